The second-order valence-corrected chi connectivity index (χ2v) is 22.2. The monoisotopic (exact) mass is 895 g/mol. The van der Waals surface area contributed by atoms with Gasteiger partial charge in [-0.1, -0.05) is 307 Å². The van der Waals surface area contributed by atoms with Gasteiger partial charge in [0.2, 0.25) is 0 Å². The summed E-state index contributed by atoms with van der Waals surface area (Å²) in [5, 5.41) is 16.7. The molecule has 3 nitrogen and oxygen atoms in total. The molecule has 0 rings (SSSR count). The molecular weight excluding hydrogens is 769 g/mol. The molecule has 0 spiro atoms. The van der Waals surface area contributed by atoms with Crippen molar-refractivity contribution in [2.24, 2.45) is 35.5 Å². The van der Waals surface area contributed by atoms with Crippen LogP contribution in [0.3, 0.4) is 0 Å². The molecule has 0 radical (unpaired) electrons. The molecular formula is C60H126O3. The minimum absolute atomic E-state index is 0.522. The second kappa shape index (κ2) is 56.2. The van der Waals surface area contributed by atoms with Gasteiger partial charge in [0.1, 0.15) is 0 Å². The molecule has 384 valence electrons. The quantitative estimate of drug-likeness (QED) is 0.0473. The van der Waals surface area contributed by atoms with Crippen molar-refractivity contribution in [1.82, 2.24) is 0 Å². The van der Waals surface area contributed by atoms with E-state index in [0.29, 0.717) is 6.42 Å². The first-order valence-electron chi connectivity index (χ1n) is 29.3. The Morgan fingerprint density at radius 3 is 0.746 bits per heavy atom. The summed E-state index contributed by atoms with van der Waals surface area (Å²) in [5.41, 5.74) is 0. The van der Waals surface area contributed by atoms with Crippen LogP contribution in [0, 0.1) is 35.5 Å². The number of hydrogen-bond donors (Lipinski definition) is 2. The fourth-order valence-corrected chi connectivity index (χ4v) is 9.00. The zero-order chi connectivity index (χ0) is 47.4. The summed E-state index contributed by atoms with van der Waals surface area (Å²) in [5.74, 6) is 5.51. The number of ether oxygens (including phenoxy) is 1. The van der Waals surface area contributed by atoms with Crippen LogP contribution < -0.4 is 0 Å². The van der Waals surface area contributed by atoms with Crippen LogP contribution in [0.1, 0.15) is 333 Å². The Balaban J connectivity index is -0.000000983. The van der Waals surface area contributed by atoms with Crippen LogP contribution in [-0.4, -0.2) is 29.7 Å². The van der Waals surface area contributed by atoms with Gasteiger partial charge in [0.25, 0.3) is 0 Å². The molecule has 3 heteroatoms. The van der Waals surface area contributed by atoms with E-state index in [0.717, 1.165) is 68.0 Å². The van der Waals surface area contributed by atoms with Crippen molar-refractivity contribution < 1.29 is 14.9 Å². The number of aliphatic hydroxyl groups is 2. The van der Waals surface area contributed by atoms with E-state index in [-0.39, 0.29) is 0 Å². The Kier molecular flexibility index (Phi) is 59.9. The van der Waals surface area contributed by atoms with Crippen molar-refractivity contribution in [3.05, 3.63) is 0 Å². The van der Waals surface area contributed by atoms with Gasteiger partial charge < -0.3 is 14.9 Å². The molecule has 0 saturated carbocycles. The van der Waals surface area contributed by atoms with Gasteiger partial charge in [0, 0.05) is 13.2 Å². The van der Waals surface area contributed by atoms with Crippen LogP contribution in [0.5, 0.6) is 0 Å². The summed E-state index contributed by atoms with van der Waals surface area (Å²) >= 11 is 0. The van der Waals surface area contributed by atoms with E-state index in [4.69, 9.17) is 14.9 Å². The molecule has 4 unspecified atom stereocenters. The van der Waals surface area contributed by atoms with Crippen LogP contribution in [0.4, 0.5) is 0 Å². The van der Waals surface area contributed by atoms with Crippen molar-refractivity contribution in [3.63, 3.8) is 0 Å². The first-order valence-corrected chi connectivity index (χ1v) is 29.3. The van der Waals surface area contributed by atoms with Crippen LogP contribution >= 0.6 is 0 Å². The standard InChI is InChI=1S/C30H62.C24H50O.C6H14O2/c1-25(2)15-11-19-29(7)23-13-21-27(5)17-9-10-18-28(6)22-14-24-30(8)20-12-16-26(3)4;1-3-5-7-9-11-13-15-17-19-21-23-25-24-22-20-18-16-14-12-10-8-6-4-2;1-2-3-4-5-6(7)8/h25-30H,9-24H2,1-8H3;3-24H2,1-2H3;6-8H,2-5H2,1H3. The second-order valence-electron chi connectivity index (χ2n) is 22.2. The van der Waals surface area contributed by atoms with Gasteiger partial charge in [-0.2, -0.15) is 0 Å². The van der Waals surface area contributed by atoms with Crippen LogP contribution in [0.25, 0.3) is 0 Å². The van der Waals surface area contributed by atoms with Crippen molar-refractivity contribution in [3.8, 4) is 0 Å². The van der Waals surface area contributed by atoms with Crippen LogP contribution in [-0.2, 0) is 4.74 Å². The molecule has 2 N–H and O–H groups in total. The third kappa shape index (κ3) is 66.2. The molecule has 0 aromatic heterocycles. The highest BCUT2D eigenvalue weighted by Gasteiger charge is 2.09. The number of unbranched alkanes of at least 4 members (excludes halogenated alkanes) is 21. The lowest BCUT2D eigenvalue weighted by molar-refractivity contribution is -0.0465. The van der Waals surface area contributed by atoms with Gasteiger partial charge in [-0.3, -0.25) is 0 Å². The normalized spacial score (nSPS) is 13.5. The van der Waals surface area contributed by atoms with E-state index >= 15 is 0 Å². The average molecular weight is 896 g/mol. The highest BCUT2D eigenvalue weighted by molar-refractivity contribution is 4.62. The molecule has 0 aliphatic carbocycles. The molecule has 0 aliphatic rings. The summed E-state index contributed by atoms with van der Waals surface area (Å²) < 4.78 is 5.78. The lowest BCUT2D eigenvalue weighted by Gasteiger charge is -2.16. The minimum Gasteiger partial charge on any atom is -0.381 e. The van der Waals surface area contributed by atoms with Crippen LogP contribution in [0.15, 0.2) is 0 Å². The Labute approximate surface area is 401 Å². The Morgan fingerprint density at radius 2 is 0.476 bits per heavy atom. The van der Waals surface area contributed by atoms with Gasteiger partial charge in [-0.25, -0.2) is 0 Å². The molecule has 0 heterocycles. The fraction of sp³-hybridized carbons (Fsp3) is 1.00. The average Bonchev–Trinajstić information content (AvgIpc) is 3.23. The minimum atomic E-state index is -1.10. The van der Waals surface area contributed by atoms with Crippen molar-refractivity contribution >= 4 is 0 Å². The molecule has 0 saturated heterocycles. The zero-order valence-electron chi connectivity index (χ0n) is 46.0. The molecule has 4 atom stereocenters. The highest BCUT2D eigenvalue weighted by atomic mass is 16.5. The van der Waals surface area contributed by atoms with E-state index < -0.39 is 6.29 Å². The number of rotatable bonds is 47. The van der Waals surface area contributed by atoms with Gasteiger partial charge in [-0.05, 0) is 61.2 Å². The molecule has 0 aliphatic heterocycles. The van der Waals surface area contributed by atoms with Crippen molar-refractivity contribution in [2.75, 3.05) is 13.2 Å². The van der Waals surface area contributed by atoms with E-state index in [1.807, 2.05) is 0 Å². The first kappa shape index (κ1) is 67.2. The highest BCUT2D eigenvalue weighted by Crippen LogP contribution is 2.24. The molecule has 0 amide bonds. The lowest BCUT2D eigenvalue weighted by atomic mass is 9.90. The molecule has 63 heavy (non-hydrogen) atoms. The predicted octanol–water partition coefficient (Wildman–Crippen LogP) is 20.8. The zero-order valence-corrected chi connectivity index (χ0v) is 46.0. The maximum absolute atomic E-state index is 8.33. The van der Waals surface area contributed by atoms with E-state index in [1.165, 1.54) is 231 Å². The topological polar surface area (TPSA) is 49.7 Å². The Morgan fingerprint density at radius 1 is 0.254 bits per heavy atom. The molecule has 0 bridgehead atoms. The Hall–Kier alpha value is -0.120. The van der Waals surface area contributed by atoms with Gasteiger partial charge in [0.15, 0.2) is 6.29 Å². The first-order chi connectivity index (χ1) is 30.4. The lowest BCUT2D eigenvalue weighted by Crippen LogP contribution is -2.02. The fourth-order valence-electron chi connectivity index (χ4n) is 9.00. The van der Waals surface area contributed by atoms with Gasteiger partial charge in [0.05, 0.1) is 0 Å². The maximum Gasteiger partial charge on any atom is 0.151 e. The summed E-state index contributed by atoms with van der Waals surface area (Å²) in [7, 11) is 0. The van der Waals surface area contributed by atoms with Gasteiger partial charge in [-0.15, -0.1) is 0 Å². The Bertz CT molecular complexity index is 723. The van der Waals surface area contributed by atoms with Gasteiger partial charge >= 0.3 is 0 Å². The SMILES string of the molecule is CC(C)CCCC(C)CCCC(C)CCCCC(C)CCCC(C)CCCC(C)C.CCCCCC(O)O.CCCCCCCCCCCCOCCCCCCCCCCCC. The third-order valence-electron chi connectivity index (χ3n) is 13.7. The summed E-state index contributed by atoms with van der Waals surface area (Å²) in [6.07, 6.45) is 53.9. The molecule has 0 aromatic carbocycles. The molecule has 0 fully saturated rings. The van der Waals surface area contributed by atoms with E-state index in [1.54, 1.807) is 0 Å². The summed E-state index contributed by atoms with van der Waals surface area (Å²) in [6, 6.07) is 0. The summed E-state index contributed by atoms with van der Waals surface area (Å²) in [4.78, 5) is 0. The number of aliphatic hydroxyl groups excluding tert-OH is 1. The van der Waals surface area contributed by atoms with E-state index in [9.17, 15) is 0 Å². The van der Waals surface area contributed by atoms with E-state index in [2.05, 4.69) is 76.2 Å². The summed E-state index contributed by atoms with van der Waals surface area (Å²) in [6.45, 7) is 28.0. The largest absolute Gasteiger partial charge is 0.381 e. The maximum atomic E-state index is 8.33. The van der Waals surface area contributed by atoms with Crippen LogP contribution in [0.2, 0.25) is 0 Å². The predicted molar refractivity (Wildman–Crippen MR) is 287 cm³/mol. The van der Waals surface area contributed by atoms with Crippen molar-refractivity contribution in [1.29, 1.82) is 0 Å². The smallest absolute Gasteiger partial charge is 0.151 e. The number of hydrogen-bond acceptors (Lipinski definition) is 3. The molecule has 0 aromatic rings. The van der Waals surface area contributed by atoms with Crippen molar-refractivity contribution in [2.45, 2.75) is 339 Å². The third-order valence-corrected chi connectivity index (χ3v) is 13.7.